The highest BCUT2D eigenvalue weighted by Crippen LogP contribution is 2.38. The van der Waals surface area contributed by atoms with Crippen molar-refractivity contribution in [3.8, 4) is 5.75 Å². The summed E-state index contributed by atoms with van der Waals surface area (Å²) in [5.74, 6) is 0.376. The van der Waals surface area contributed by atoms with Crippen LogP contribution in [-0.4, -0.2) is 50.5 Å². The third-order valence-corrected chi connectivity index (χ3v) is 7.51. The number of rotatable bonds is 5. The number of likely N-dealkylation sites (tertiary alicyclic amines) is 1. The Morgan fingerprint density at radius 3 is 2.47 bits per heavy atom. The second-order valence-electron chi connectivity index (χ2n) is 9.25. The van der Waals surface area contributed by atoms with Crippen molar-refractivity contribution in [2.75, 3.05) is 24.5 Å². The second-order valence-corrected chi connectivity index (χ2v) is 11.0. The van der Waals surface area contributed by atoms with E-state index in [1.54, 1.807) is 23.1 Å². The van der Waals surface area contributed by atoms with Crippen molar-refractivity contribution in [2.45, 2.75) is 56.7 Å². The van der Waals surface area contributed by atoms with Crippen molar-refractivity contribution in [2.24, 2.45) is 0 Å². The largest absolute Gasteiger partial charge is 0.484 e. The van der Waals surface area contributed by atoms with E-state index < -0.39 is 15.6 Å². The van der Waals surface area contributed by atoms with Gasteiger partial charge in [-0.3, -0.25) is 9.69 Å². The smallest absolute Gasteiger partial charge is 0.240 e. The highest BCUT2D eigenvalue weighted by Gasteiger charge is 2.35. The number of sulfonamides is 1. The van der Waals surface area contributed by atoms with Crippen LogP contribution in [0.1, 0.15) is 39.2 Å². The molecule has 1 amide bonds. The molecule has 2 aromatic carbocycles. The SMILES string of the molecule is CC(=O)N1CC(C)(C)Oc2ccc(S(=O)(=O)NC3CCN(Cc4ccccc4)CC3)cc21. The van der Waals surface area contributed by atoms with Crippen LogP contribution in [0.15, 0.2) is 53.4 Å². The fraction of sp³-hybridized carbons (Fsp3) is 0.458. The highest BCUT2D eigenvalue weighted by atomic mass is 32.2. The number of carbonyl (C=O) groups is 1. The molecule has 8 heteroatoms. The Morgan fingerprint density at radius 2 is 1.81 bits per heavy atom. The minimum Gasteiger partial charge on any atom is -0.484 e. The van der Waals surface area contributed by atoms with E-state index >= 15 is 0 Å². The number of nitrogens with zero attached hydrogens (tertiary/aromatic N) is 2. The number of carbonyl (C=O) groups excluding carboxylic acids is 1. The molecule has 7 nitrogen and oxygen atoms in total. The molecule has 4 rings (SSSR count). The van der Waals surface area contributed by atoms with Gasteiger partial charge < -0.3 is 9.64 Å². The van der Waals surface area contributed by atoms with Crippen LogP contribution in [0.4, 0.5) is 5.69 Å². The van der Waals surface area contributed by atoms with Gasteiger partial charge in [-0.2, -0.15) is 0 Å². The third-order valence-electron chi connectivity index (χ3n) is 6.00. The zero-order valence-electron chi connectivity index (χ0n) is 18.9. The van der Waals surface area contributed by atoms with E-state index in [4.69, 9.17) is 4.74 Å². The zero-order chi connectivity index (χ0) is 22.9. The van der Waals surface area contributed by atoms with Gasteiger partial charge in [0.15, 0.2) is 0 Å². The molecule has 2 heterocycles. The Morgan fingerprint density at radius 1 is 1.12 bits per heavy atom. The number of fused-ring (bicyclic) bond motifs is 1. The monoisotopic (exact) mass is 457 g/mol. The Kier molecular flexibility index (Phi) is 6.29. The molecule has 0 aliphatic carbocycles. The number of hydrogen-bond acceptors (Lipinski definition) is 5. The number of benzene rings is 2. The summed E-state index contributed by atoms with van der Waals surface area (Å²) in [6.45, 7) is 8.22. The van der Waals surface area contributed by atoms with Gasteiger partial charge in [0.05, 0.1) is 17.1 Å². The molecule has 0 bridgehead atoms. The number of nitrogens with one attached hydrogen (secondary N) is 1. The van der Waals surface area contributed by atoms with Crippen LogP contribution in [0.25, 0.3) is 0 Å². The lowest BCUT2D eigenvalue weighted by molar-refractivity contribution is -0.117. The highest BCUT2D eigenvalue weighted by molar-refractivity contribution is 7.89. The van der Waals surface area contributed by atoms with Gasteiger partial charge in [0.25, 0.3) is 0 Å². The molecule has 0 unspecified atom stereocenters. The van der Waals surface area contributed by atoms with E-state index in [9.17, 15) is 13.2 Å². The van der Waals surface area contributed by atoms with Crippen molar-refractivity contribution >= 4 is 21.6 Å². The van der Waals surface area contributed by atoms with Gasteiger partial charge in [0, 0.05) is 32.6 Å². The van der Waals surface area contributed by atoms with Gasteiger partial charge in [-0.1, -0.05) is 30.3 Å². The van der Waals surface area contributed by atoms with Gasteiger partial charge in [-0.25, -0.2) is 13.1 Å². The summed E-state index contributed by atoms with van der Waals surface area (Å²) in [5, 5.41) is 0. The van der Waals surface area contributed by atoms with Crippen LogP contribution in [0.5, 0.6) is 5.75 Å². The van der Waals surface area contributed by atoms with Crippen molar-refractivity contribution in [1.29, 1.82) is 0 Å². The lowest BCUT2D eigenvalue weighted by Gasteiger charge is -2.39. The number of amides is 1. The topological polar surface area (TPSA) is 78.9 Å². The molecule has 0 saturated carbocycles. The molecule has 1 saturated heterocycles. The molecule has 172 valence electrons. The van der Waals surface area contributed by atoms with Crippen molar-refractivity contribution in [3.05, 3.63) is 54.1 Å². The lowest BCUT2D eigenvalue weighted by atomic mass is 10.1. The van der Waals surface area contributed by atoms with Crippen LogP contribution in [0.2, 0.25) is 0 Å². The summed E-state index contributed by atoms with van der Waals surface area (Å²) < 4.78 is 35.0. The van der Waals surface area contributed by atoms with Crippen LogP contribution in [0.3, 0.4) is 0 Å². The Hall–Kier alpha value is -2.42. The fourth-order valence-corrected chi connectivity index (χ4v) is 5.70. The minimum absolute atomic E-state index is 0.109. The molecular formula is C24H31N3O4S. The third kappa shape index (κ3) is 5.14. The number of ether oxygens (including phenoxy) is 1. The van der Waals surface area contributed by atoms with E-state index in [1.807, 2.05) is 32.0 Å². The van der Waals surface area contributed by atoms with E-state index in [-0.39, 0.29) is 16.8 Å². The predicted molar refractivity (Wildman–Crippen MR) is 124 cm³/mol. The molecule has 2 aliphatic rings. The molecule has 2 aromatic rings. The maximum Gasteiger partial charge on any atom is 0.240 e. The quantitative estimate of drug-likeness (QED) is 0.746. The first kappa shape index (κ1) is 22.8. The maximum absolute atomic E-state index is 13.1. The van der Waals surface area contributed by atoms with Crippen molar-refractivity contribution < 1.29 is 17.9 Å². The predicted octanol–water partition coefficient (Wildman–Crippen LogP) is 3.15. The molecule has 32 heavy (non-hydrogen) atoms. The zero-order valence-corrected chi connectivity index (χ0v) is 19.7. The average Bonchev–Trinajstić information content (AvgIpc) is 2.74. The minimum atomic E-state index is -3.71. The fourth-order valence-electron chi connectivity index (χ4n) is 4.38. The molecule has 0 aromatic heterocycles. The van der Waals surface area contributed by atoms with E-state index in [2.05, 4.69) is 21.8 Å². The molecular weight excluding hydrogens is 426 g/mol. The van der Waals surface area contributed by atoms with Crippen molar-refractivity contribution in [1.82, 2.24) is 9.62 Å². The van der Waals surface area contributed by atoms with Gasteiger partial charge in [-0.15, -0.1) is 0 Å². The Balaban J connectivity index is 1.43. The summed E-state index contributed by atoms with van der Waals surface area (Å²) in [4.78, 5) is 16.3. The first-order chi connectivity index (χ1) is 15.1. The standard InChI is InChI=1S/C24H31N3O4S/c1-18(28)27-17-24(2,3)31-23-10-9-21(15-22(23)27)32(29,30)25-20-11-13-26(14-12-20)16-19-7-5-4-6-8-19/h4-10,15,20,25H,11-14,16-17H2,1-3H3. The first-order valence-electron chi connectivity index (χ1n) is 11.0. The number of hydrogen-bond donors (Lipinski definition) is 1. The summed E-state index contributed by atoms with van der Waals surface area (Å²) >= 11 is 0. The molecule has 0 atom stereocenters. The van der Waals surface area contributed by atoms with Gasteiger partial charge in [0.1, 0.15) is 11.4 Å². The van der Waals surface area contributed by atoms with Crippen LogP contribution >= 0.6 is 0 Å². The van der Waals surface area contributed by atoms with E-state index in [1.165, 1.54) is 12.5 Å². The molecule has 1 N–H and O–H groups in total. The van der Waals surface area contributed by atoms with Gasteiger partial charge >= 0.3 is 0 Å². The van der Waals surface area contributed by atoms with Gasteiger partial charge in [-0.05, 0) is 50.5 Å². The summed E-state index contributed by atoms with van der Waals surface area (Å²) in [7, 11) is -3.71. The summed E-state index contributed by atoms with van der Waals surface area (Å²) in [5.41, 5.74) is 1.23. The number of piperidine rings is 1. The molecule has 0 spiro atoms. The Labute approximate surface area is 190 Å². The average molecular weight is 458 g/mol. The molecule has 0 radical (unpaired) electrons. The van der Waals surface area contributed by atoms with E-state index in [0.717, 1.165) is 32.5 Å². The molecule has 1 fully saturated rings. The second kappa shape index (κ2) is 8.84. The van der Waals surface area contributed by atoms with Gasteiger partial charge in [0.2, 0.25) is 15.9 Å². The Bertz CT molecular complexity index is 1080. The number of anilines is 1. The molecule has 2 aliphatic heterocycles. The van der Waals surface area contributed by atoms with Crippen LogP contribution in [0, 0.1) is 0 Å². The first-order valence-corrected chi connectivity index (χ1v) is 12.5. The maximum atomic E-state index is 13.1. The summed E-state index contributed by atoms with van der Waals surface area (Å²) in [6.07, 6.45) is 1.52. The van der Waals surface area contributed by atoms with Crippen LogP contribution < -0.4 is 14.4 Å². The van der Waals surface area contributed by atoms with Crippen molar-refractivity contribution in [3.63, 3.8) is 0 Å². The summed E-state index contributed by atoms with van der Waals surface area (Å²) in [6, 6.07) is 14.9. The van der Waals surface area contributed by atoms with E-state index in [0.29, 0.717) is 18.0 Å². The lowest BCUT2D eigenvalue weighted by Crippen LogP contribution is -2.48. The normalized spacial score (nSPS) is 19.3. The van der Waals surface area contributed by atoms with Crippen LogP contribution in [-0.2, 0) is 21.4 Å².